The number of fused-ring (bicyclic) bond motifs is 1. The van der Waals surface area contributed by atoms with Crippen LogP contribution in [0.25, 0.3) is 17.0 Å². The van der Waals surface area contributed by atoms with Crippen LogP contribution < -0.4 is 0 Å². The number of aromatic nitrogens is 2. The Balaban J connectivity index is 2.09. The number of amides is 1. The van der Waals surface area contributed by atoms with Gasteiger partial charge in [-0.15, -0.1) is 0 Å². The van der Waals surface area contributed by atoms with Crippen LogP contribution in [0.2, 0.25) is 5.02 Å². The van der Waals surface area contributed by atoms with Gasteiger partial charge >= 0.3 is 18.2 Å². The molecule has 2 heterocycles. The quantitative estimate of drug-likeness (QED) is 0.259. The molecular formula is C26H27ClF3N3O6S2. The third-order valence-electron chi connectivity index (χ3n) is 5.31. The fourth-order valence-corrected chi connectivity index (χ4v) is 5.79. The molecule has 0 fully saturated rings. The number of halogens is 4. The van der Waals surface area contributed by atoms with Crippen LogP contribution in [-0.2, 0) is 37.5 Å². The predicted octanol–water partition coefficient (Wildman–Crippen LogP) is 6.50. The Bertz CT molecular complexity index is 1600. The van der Waals surface area contributed by atoms with Crippen molar-refractivity contribution in [2.24, 2.45) is 7.05 Å². The number of carbonyl (C=O) groups excluding carboxylic acids is 2. The van der Waals surface area contributed by atoms with Gasteiger partial charge < -0.3 is 14.0 Å². The van der Waals surface area contributed by atoms with Crippen LogP contribution in [-0.4, -0.2) is 53.1 Å². The molecule has 0 N–H and O–H groups in total. The number of para-hydroxylation sites is 1. The van der Waals surface area contributed by atoms with Crippen LogP contribution in [0.15, 0.2) is 52.0 Å². The minimum Gasteiger partial charge on any atom is -0.465 e. The van der Waals surface area contributed by atoms with Gasteiger partial charge in [-0.3, -0.25) is 4.79 Å². The van der Waals surface area contributed by atoms with Gasteiger partial charge in [-0.25, -0.2) is 18.2 Å². The molecule has 0 aliphatic heterocycles. The zero-order valence-corrected chi connectivity index (χ0v) is 25.0. The first-order valence-corrected chi connectivity index (χ1v) is 14.7. The largest absolute Gasteiger partial charge is 0.465 e. The first-order chi connectivity index (χ1) is 18.9. The molecule has 0 unspecified atom stereocenters. The van der Waals surface area contributed by atoms with Crippen molar-refractivity contribution in [1.29, 1.82) is 0 Å². The van der Waals surface area contributed by atoms with Gasteiger partial charge in [0.15, 0.2) is 0 Å². The average Bonchev–Trinajstić information content (AvgIpc) is 3.11. The third kappa shape index (κ3) is 7.95. The summed E-state index contributed by atoms with van der Waals surface area (Å²) in [6.45, 7) is 5.19. The number of aryl methyl sites for hydroxylation is 1. The maximum atomic E-state index is 13.3. The molecule has 3 rings (SSSR count). The molecule has 15 heteroatoms. The molecule has 0 saturated carbocycles. The molecule has 0 saturated heterocycles. The number of carbonyl (C=O) groups is 2. The van der Waals surface area contributed by atoms with Crippen LogP contribution in [0.3, 0.4) is 0 Å². The van der Waals surface area contributed by atoms with E-state index in [-0.39, 0.29) is 21.0 Å². The van der Waals surface area contributed by atoms with Gasteiger partial charge in [-0.1, -0.05) is 29.8 Å². The highest BCUT2D eigenvalue weighted by Gasteiger charge is 2.34. The maximum Gasteiger partial charge on any atom is 0.424 e. The monoisotopic (exact) mass is 633 g/mol. The summed E-state index contributed by atoms with van der Waals surface area (Å²) in [7, 11) is -2.91. The molecule has 41 heavy (non-hydrogen) atoms. The number of benzene rings is 1. The molecule has 1 amide bonds. The highest BCUT2D eigenvalue weighted by Crippen LogP contribution is 2.41. The van der Waals surface area contributed by atoms with Crippen molar-refractivity contribution < 1.29 is 40.7 Å². The zero-order chi connectivity index (χ0) is 30.8. The summed E-state index contributed by atoms with van der Waals surface area (Å²) < 4.78 is 78.0. The van der Waals surface area contributed by atoms with Gasteiger partial charge in [0, 0.05) is 29.7 Å². The summed E-state index contributed by atoms with van der Waals surface area (Å²) >= 11 is 7.06. The Morgan fingerprint density at radius 2 is 1.85 bits per heavy atom. The van der Waals surface area contributed by atoms with E-state index in [1.54, 1.807) is 35.9 Å². The smallest absolute Gasteiger partial charge is 0.424 e. The fraction of sp³-hybridized carbons (Fsp3) is 0.346. The van der Waals surface area contributed by atoms with E-state index in [4.69, 9.17) is 21.1 Å². The number of hydrogen-bond acceptors (Lipinski definition) is 8. The van der Waals surface area contributed by atoms with Crippen LogP contribution in [0.4, 0.5) is 18.0 Å². The van der Waals surface area contributed by atoms with Crippen molar-refractivity contribution in [1.82, 2.24) is 13.9 Å². The zero-order valence-electron chi connectivity index (χ0n) is 22.7. The molecule has 9 nitrogen and oxygen atoms in total. The molecule has 0 spiro atoms. The third-order valence-corrected chi connectivity index (χ3v) is 8.29. The van der Waals surface area contributed by atoms with Crippen molar-refractivity contribution in [3.8, 4) is 0 Å². The van der Waals surface area contributed by atoms with Crippen molar-refractivity contribution in [3.63, 3.8) is 0 Å². The molecule has 0 bridgehead atoms. The van der Waals surface area contributed by atoms with Crippen LogP contribution in [0.5, 0.6) is 0 Å². The van der Waals surface area contributed by atoms with Crippen LogP contribution >= 0.6 is 23.4 Å². The number of sulfonamides is 1. The van der Waals surface area contributed by atoms with Crippen molar-refractivity contribution in [3.05, 3.63) is 58.1 Å². The van der Waals surface area contributed by atoms with E-state index >= 15 is 0 Å². The SMILES string of the molecule is CCOC(=O)CN(C(=O)OC(C)(C)C)S(=O)(=O)/C=C/c1c(Sc2ncc(C(F)(F)F)cc2Cl)n(C)c2ccccc12. The lowest BCUT2D eigenvalue weighted by Gasteiger charge is -2.25. The Labute approximate surface area is 244 Å². The number of rotatable bonds is 8. The molecule has 0 atom stereocenters. The summed E-state index contributed by atoms with van der Waals surface area (Å²) in [4.78, 5) is 28.8. The summed E-state index contributed by atoms with van der Waals surface area (Å²) in [5.74, 6) is -0.959. The number of pyridine rings is 1. The first kappa shape index (κ1) is 32.3. The number of nitrogens with zero attached hydrogens (tertiary/aromatic N) is 3. The molecule has 222 valence electrons. The number of ether oxygens (including phenoxy) is 2. The Morgan fingerprint density at radius 3 is 2.44 bits per heavy atom. The Morgan fingerprint density at radius 1 is 1.20 bits per heavy atom. The second-order valence-corrected chi connectivity index (χ2v) is 12.7. The topological polar surface area (TPSA) is 108 Å². The lowest BCUT2D eigenvalue weighted by Crippen LogP contribution is -2.43. The molecular weight excluding hydrogens is 607 g/mol. The second-order valence-electron chi connectivity index (χ2n) is 9.55. The number of esters is 1. The molecule has 2 aromatic heterocycles. The van der Waals surface area contributed by atoms with Gasteiger partial charge in [0.25, 0.3) is 10.0 Å². The average molecular weight is 634 g/mol. The van der Waals surface area contributed by atoms with E-state index in [1.807, 2.05) is 0 Å². The maximum absolute atomic E-state index is 13.3. The minimum absolute atomic E-state index is 0.0337. The standard InChI is InChI=1S/C26H27ClF3N3O6S2/c1-6-38-21(34)15-33(24(35)39-25(2,3)4)41(36,37)12-11-18-17-9-7-8-10-20(17)32(5)23(18)40-22-19(27)13-16(14-31-22)26(28,29)30/h7-14H,6,15H2,1-5H3/b12-11+. The predicted molar refractivity (Wildman–Crippen MR) is 149 cm³/mol. The lowest BCUT2D eigenvalue weighted by molar-refractivity contribution is -0.143. The molecule has 0 aliphatic rings. The number of hydrogen-bond donors (Lipinski definition) is 0. The van der Waals surface area contributed by atoms with E-state index < -0.39 is 46.0 Å². The Hall–Kier alpha value is -3.23. The highest BCUT2D eigenvalue weighted by atomic mass is 35.5. The summed E-state index contributed by atoms with van der Waals surface area (Å²) in [6.07, 6.45) is -4.03. The van der Waals surface area contributed by atoms with Gasteiger partial charge in [0.2, 0.25) is 0 Å². The summed E-state index contributed by atoms with van der Waals surface area (Å²) in [6, 6.07) is 7.72. The second kappa shape index (κ2) is 12.3. The summed E-state index contributed by atoms with van der Waals surface area (Å²) in [5, 5.41) is 1.55. The van der Waals surface area contributed by atoms with E-state index in [2.05, 4.69) is 4.98 Å². The van der Waals surface area contributed by atoms with Crippen LogP contribution in [0, 0.1) is 0 Å². The first-order valence-electron chi connectivity index (χ1n) is 12.0. The van der Waals surface area contributed by atoms with E-state index in [0.717, 1.165) is 23.2 Å². The highest BCUT2D eigenvalue weighted by molar-refractivity contribution is 7.99. The van der Waals surface area contributed by atoms with E-state index in [0.29, 0.717) is 27.7 Å². The van der Waals surface area contributed by atoms with Crippen molar-refractivity contribution >= 4 is 62.4 Å². The normalized spacial score (nSPS) is 12.6. The fourth-order valence-electron chi connectivity index (χ4n) is 3.55. The molecule has 0 radical (unpaired) electrons. The van der Waals surface area contributed by atoms with Gasteiger partial charge in [0.1, 0.15) is 17.2 Å². The van der Waals surface area contributed by atoms with Crippen molar-refractivity contribution in [2.75, 3.05) is 13.2 Å². The minimum atomic E-state index is -4.63. The molecule has 3 aromatic rings. The lowest BCUT2D eigenvalue weighted by atomic mass is 10.2. The van der Waals surface area contributed by atoms with Gasteiger partial charge in [0.05, 0.1) is 27.6 Å². The van der Waals surface area contributed by atoms with Gasteiger partial charge in [-0.2, -0.15) is 17.5 Å². The molecule has 1 aromatic carbocycles. The van der Waals surface area contributed by atoms with E-state index in [9.17, 15) is 31.2 Å². The van der Waals surface area contributed by atoms with Gasteiger partial charge in [-0.05, 0) is 57.7 Å². The van der Waals surface area contributed by atoms with E-state index in [1.165, 1.54) is 33.8 Å². The summed E-state index contributed by atoms with van der Waals surface area (Å²) in [5.41, 5.74) is -1.05. The van der Waals surface area contributed by atoms with Crippen molar-refractivity contribution in [2.45, 2.75) is 49.5 Å². The number of alkyl halides is 3. The van der Waals surface area contributed by atoms with Crippen LogP contribution in [0.1, 0.15) is 38.8 Å². The Kier molecular flexibility index (Phi) is 9.71. The molecule has 0 aliphatic carbocycles.